The summed E-state index contributed by atoms with van der Waals surface area (Å²) in [6.07, 6.45) is 4.44. The zero-order valence-electron chi connectivity index (χ0n) is 15.0. The van der Waals surface area contributed by atoms with Crippen LogP contribution in [0.3, 0.4) is 0 Å². The maximum absolute atomic E-state index is 10.2. The molecule has 0 saturated heterocycles. The van der Waals surface area contributed by atoms with E-state index in [0.717, 1.165) is 5.56 Å². The molecule has 28 heavy (non-hydrogen) atoms. The molecule has 9 heteroatoms. The monoisotopic (exact) mass is 379 g/mol. The van der Waals surface area contributed by atoms with Crippen LogP contribution in [0.2, 0.25) is 0 Å². The molecule has 4 rings (SSSR count). The van der Waals surface area contributed by atoms with Crippen molar-refractivity contribution in [3.05, 3.63) is 61.0 Å². The topological polar surface area (TPSA) is 121 Å². The van der Waals surface area contributed by atoms with Crippen molar-refractivity contribution in [2.75, 3.05) is 0 Å². The molecule has 3 aromatic rings. The van der Waals surface area contributed by atoms with E-state index in [0.29, 0.717) is 17.6 Å². The van der Waals surface area contributed by atoms with Gasteiger partial charge in [0.25, 0.3) is 0 Å². The fraction of sp³-hybridized carbons (Fsp3) is 0.316. The van der Waals surface area contributed by atoms with Crippen LogP contribution >= 0.6 is 0 Å². The van der Waals surface area contributed by atoms with E-state index >= 15 is 0 Å². The molecule has 9 nitrogen and oxygen atoms in total. The summed E-state index contributed by atoms with van der Waals surface area (Å²) >= 11 is 0. The normalized spacial score (nSPS) is 25.1. The molecule has 0 spiro atoms. The number of imidazole rings is 1. The van der Waals surface area contributed by atoms with Gasteiger partial charge >= 0.3 is 0 Å². The molecule has 1 aromatic carbocycles. The van der Waals surface area contributed by atoms with Crippen LogP contribution in [0.5, 0.6) is 0 Å². The second-order valence-corrected chi connectivity index (χ2v) is 6.90. The minimum Gasteiger partial charge on any atom is -0.406 e. The highest BCUT2D eigenvalue weighted by Gasteiger charge is 2.42. The Balaban J connectivity index is 1.70. The lowest BCUT2D eigenvalue weighted by Gasteiger charge is -2.19. The molecule has 2 aromatic heterocycles. The highest BCUT2D eigenvalue weighted by Crippen LogP contribution is 2.38. The van der Waals surface area contributed by atoms with Crippen molar-refractivity contribution in [1.82, 2.24) is 19.3 Å². The standard InChI is InChI=1S/C19H19N6O3/c1-19(27)8-14(7-15(19)26)24-11-22-16-17(24)23-12-25(18(16)21-10-20)28-9-13-5-3-2-4-6-13/h2-6,11-12,14-15,26-27H,1,7-9H2/b21-18+/t14-,15-,19-/m0/s1. The molecule has 0 unspecified atom stereocenters. The summed E-state index contributed by atoms with van der Waals surface area (Å²) in [5.41, 5.74) is 0.660. The number of nitrogens with zero attached hydrogens (tertiary/aromatic N) is 6. The zero-order valence-corrected chi connectivity index (χ0v) is 15.0. The second-order valence-electron chi connectivity index (χ2n) is 6.90. The first-order valence-electron chi connectivity index (χ1n) is 8.79. The lowest BCUT2D eigenvalue weighted by Crippen LogP contribution is -2.33. The quantitative estimate of drug-likeness (QED) is 0.637. The Labute approximate surface area is 160 Å². The van der Waals surface area contributed by atoms with Gasteiger partial charge in [0.05, 0.1) is 18.0 Å². The Hall–Kier alpha value is -3.22. The molecule has 0 aliphatic heterocycles. The maximum Gasteiger partial charge on any atom is 0.211 e. The molecule has 2 N–H and O–H groups in total. The number of hydrogen-bond donors (Lipinski definition) is 2. The van der Waals surface area contributed by atoms with Crippen LogP contribution in [0.4, 0.5) is 0 Å². The van der Waals surface area contributed by atoms with E-state index in [1.165, 1.54) is 11.1 Å². The number of benzene rings is 1. The van der Waals surface area contributed by atoms with Crippen LogP contribution in [0.25, 0.3) is 11.2 Å². The van der Waals surface area contributed by atoms with Gasteiger partial charge in [-0.1, -0.05) is 30.3 Å². The Morgan fingerprint density at radius 3 is 2.79 bits per heavy atom. The average molecular weight is 379 g/mol. The van der Waals surface area contributed by atoms with Gasteiger partial charge in [0.15, 0.2) is 11.2 Å². The number of fused-ring (bicyclic) bond motifs is 1. The zero-order chi connectivity index (χ0) is 19.7. The first-order chi connectivity index (χ1) is 13.5. The molecule has 1 radical (unpaired) electrons. The van der Waals surface area contributed by atoms with E-state index in [4.69, 9.17) is 10.1 Å². The smallest absolute Gasteiger partial charge is 0.211 e. The molecule has 0 amide bonds. The largest absolute Gasteiger partial charge is 0.406 e. The maximum atomic E-state index is 10.2. The van der Waals surface area contributed by atoms with Crippen molar-refractivity contribution in [3.63, 3.8) is 0 Å². The van der Waals surface area contributed by atoms with Crippen LogP contribution in [-0.4, -0.2) is 41.2 Å². The van der Waals surface area contributed by atoms with Crippen LogP contribution in [0, 0.1) is 18.4 Å². The molecule has 1 aliphatic carbocycles. The average Bonchev–Trinajstić information content (AvgIpc) is 3.22. The first kappa shape index (κ1) is 18.2. The number of aromatic nitrogens is 4. The number of nitriles is 1. The fourth-order valence-electron chi connectivity index (χ4n) is 3.45. The van der Waals surface area contributed by atoms with Crippen LogP contribution in [0.15, 0.2) is 48.0 Å². The molecule has 1 aliphatic rings. The highest BCUT2D eigenvalue weighted by atomic mass is 16.7. The summed E-state index contributed by atoms with van der Waals surface area (Å²) in [5, 5.41) is 29.3. The molecule has 1 fully saturated rings. The minimum absolute atomic E-state index is 0.217. The van der Waals surface area contributed by atoms with Gasteiger partial charge in [-0.2, -0.15) is 9.99 Å². The van der Waals surface area contributed by atoms with Gasteiger partial charge in [0, 0.05) is 6.04 Å². The Kier molecular flexibility index (Phi) is 4.58. The van der Waals surface area contributed by atoms with Gasteiger partial charge in [0.2, 0.25) is 11.7 Å². The Bertz CT molecular complexity index is 1100. The van der Waals surface area contributed by atoms with E-state index in [9.17, 15) is 10.2 Å². The van der Waals surface area contributed by atoms with E-state index in [2.05, 4.69) is 21.9 Å². The number of rotatable bonds is 4. The SMILES string of the molecule is [CH2][C@]1(O)C[C@@H](n2cnc3/c(=N\C#N)n(OCc4ccccc4)cnc32)C[C@@H]1O. The van der Waals surface area contributed by atoms with Crippen molar-refractivity contribution in [2.24, 2.45) is 4.99 Å². The third-order valence-corrected chi connectivity index (χ3v) is 4.94. The van der Waals surface area contributed by atoms with Crippen LogP contribution in [0.1, 0.15) is 24.4 Å². The van der Waals surface area contributed by atoms with Gasteiger partial charge < -0.3 is 19.6 Å². The molecule has 0 bridgehead atoms. The van der Waals surface area contributed by atoms with Crippen molar-refractivity contribution < 1.29 is 15.1 Å². The Morgan fingerprint density at radius 2 is 2.11 bits per heavy atom. The third-order valence-electron chi connectivity index (χ3n) is 4.94. The predicted octanol–water partition coefficient (Wildman–Crippen LogP) is 0.504. The summed E-state index contributed by atoms with van der Waals surface area (Å²) in [7, 11) is 0. The van der Waals surface area contributed by atoms with Crippen molar-refractivity contribution >= 4 is 11.2 Å². The van der Waals surface area contributed by atoms with Gasteiger partial charge in [-0.25, -0.2) is 9.97 Å². The molecule has 3 atom stereocenters. The summed E-state index contributed by atoms with van der Waals surface area (Å²) < 4.78 is 3.08. The summed E-state index contributed by atoms with van der Waals surface area (Å²) in [5.74, 6) is 0. The number of aliphatic hydroxyl groups is 2. The number of aliphatic hydroxyl groups excluding tert-OH is 1. The van der Waals surface area contributed by atoms with Crippen molar-refractivity contribution in [2.45, 2.75) is 37.2 Å². The lowest BCUT2D eigenvalue weighted by atomic mass is 10.0. The highest BCUT2D eigenvalue weighted by molar-refractivity contribution is 5.69. The molecule has 2 heterocycles. The first-order valence-corrected chi connectivity index (χ1v) is 8.79. The van der Waals surface area contributed by atoms with Gasteiger partial charge in [-0.3, -0.25) is 0 Å². The lowest BCUT2D eigenvalue weighted by molar-refractivity contribution is -0.0181. The molecule has 1 saturated carbocycles. The van der Waals surface area contributed by atoms with Crippen molar-refractivity contribution in [1.29, 1.82) is 5.26 Å². The number of hydrogen-bond acceptors (Lipinski definition) is 7. The van der Waals surface area contributed by atoms with Gasteiger partial charge in [-0.05, 0) is 25.3 Å². The predicted molar refractivity (Wildman–Crippen MR) is 98.0 cm³/mol. The van der Waals surface area contributed by atoms with Gasteiger partial charge in [0.1, 0.15) is 12.9 Å². The third kappa shape index (κ3) is 3.24. The van der Waals surface area contributed by atoms with E-state index in [-0.39, 0.29) is 24.6 Å². The second kappa shape index (κ2) is 7.07. The molecular formula is C19H19N6O3. The summed E-state index contributed by atoms with van der Waals surface area (Å²) in [6.45, 7) is 3.95. The Morgan fingerprint density at radius 1 is 1.32 bits per heavy atom. The fourth-order valence-corrected chi connectivity index (χ4v) is 3.45. The van der Waals surface area contributed by atoms with E-state index in [1.54, 1.807) is 17.1 Å². The van der Waals surface area contributed by atoms with Crippen LogP contribution in [-0.2, 0) is 6.61 Å². The van der Waals surface area contributed by atoms with Crippen molar-refractivity contribution in [3.8, 4) is 6.19 Å². The minimum atomic E-state index is -1.41. The molecule has 143 valence electrons. The molecular weight excluding hydrogens is 360 g/mol. The summed E-state index contributed by atoms with van der Waals surface area (Å²) in [6, 6.07) is 9.37. The van der Waals surface area contributed by atoms with Gasteiger partial charge in [-0.15, -0.1) is 4.99 Å². The van der Waals surface area contributed by atoms with Crippen LogP contribution < -0.4 is 10.3 Å². The van der Waals surface area contributed by atoms with E-state index < -0.39 is 11.7 Å². The summed E-state index contributed by atoms with van der Waals surface area (Å²) in [4.78, 5) is 18.3. The van der Waals surface area contributed by atoms with E-state index in [1.807, 2.05) is 30.3 Å².